The van der Waals surface area contributed by atoms with Gasteiger partial charge in [0, 0.05) is 12.0 Å². The third kappa shape index (κ3) is 2.85. The van der Waals surface area contributed by atoms with E-state index < -0.39 is 0 Å². The second-order valence-corrected chi connectivity index (χ2v) is 4.90. The van der Waals surface area contributed by atoms with Gasteiger partial charge in [-0.1, -0.05) is 5.22 Å². The smallest absolute Gasteiger partial charge is 0.248 e. The largest absolute Gasteiger partial charge is 0.733 e. The quantitative estimate of drug-likeness (QED) is 0.359. The zero-order chi connectivity index (χ0) is 15.7. The Morgan fingerprint density at radius 2 is 2.41 bits per heavy atom. The molecule has 2 aliphatic heterocycles. The fourth-order valence-corrected chi connectivity index (χ4v) is 2.36. The number of hydrogen-bond acceptors (Lipinski definition) is 8. The van der Waals surface area contributed by atoms with Gasteiger partial charge in [0.15, 0.2) is 6.23 Å². The van der Waals surface area contributed by atoms with Crippen LogP contribution in [0.2, 0.25) is 0 Å². The Morgan fingerprint density at radius 1 is 1.59 bits per heavy atom. The highest BCUT2D eigenvalue weighted by atomic mass is 16.8. The number of anilines is 1. The zero-order valence-electron chi connectivity index (χ0n) is 11.5. The minimum absolute atomic E-state index is 0.0170. The molecule has 118 valence electrons. The molecule has 1 aromatic rings. The van der Waals surface area contributed by atoms with Gasteiger partial charge >= 0.3 is 0 Å². The summed E-state index contributed by atoms with van der Waals surface area (Å²) in [6, 6.07) is 4.29. The molecular weight excluding hydrogens is 294 g/mol. The molecule has 22 heavy (non-hydrogen) atoms. The molecule has 10 nitrogen and oxygen atoms in total. The maximum atomic E-state index is 11.8. The lowest BCUT2D eigenvalue weighted by molar-refractivity contribution is -0.206. The van der Waals surface area contributed by atoms with Crippen molar-refractivity contribution in [2.75, 3.05) is 5.23 Å². The highest BCUT2D eigenvalue weighted by Gasteiger charge is 2.50. The first-order chi connectivity index (χ1) is 10.6. The van der Waals surface area contributed by atoms with Crippen LogP contribution in [0.1, 0.15) is 18.4 Å². The number of benzene rings is 1. The fraction of sp³-hybridized carbons (Fsp3) is 0.417. The van der Waals surface area contributed by atoms with Gasteiger partial charge in [0.2, 0.25) is 5.91 Å². The first-order valence-electron chi connectivity index (χ1n) is 6.60. The Hall–Kier alpha value is -2.27. The zero-order valence-corrected chi connectivity index (χ0v) is 11.5. The van der Waals surface area contributed by atoms with E-state index in [2.05, 4.69) is 10.3 Å². The molecule has 0 bridgehead atoms. The van der Waals surface area contributed by atoms with Gasteiger partial charge in [0.25, 0.3) is 0 Å². The molecule has 2 aliphatic rings. The number of nitrogens with two attached hydrogens (primary N) is 1. The van der Waals surface area contributed by atoms with E-state index in [1.807, 2.05) is 0 Å². The maximum Gasteiger partial charge on any atom is 0.248 e. The Morgan fingerprint density at radius 3 is 3.14 bits per heavy atom. The number of carbonyl (C=O) groups is 1. The molecular formula is C12H14N5O5-. The van der Waals surface area contributed by atoms with E-state index in [9.17, 15) is 10.0 Å². The predicted octanol–water partition coefficient (Wildman–Crippen LogP) is 1.12. The summed E-state index contributed by atoms with van der Waals surface area (Å²) in [6.07, 6.45) is 0.687. The summed E-state index contributed by atoms with van der Waals surface area (Å²) in [5.41, 5.74) is 0.698. The molecule has 3 rings (SSSR count). The minimum atomic E-state index is -0.367. The van der Waals surface area contributed by atoms with Crippen molar-refractivity contribution >= 4 is 17.3 Å². The summed E-state index contributed by atoms with van der Waals surface area (Å²) < 4.78 is 5.30. The number of amides is 1. The number of hydrogen-bond donors (Lipinski definition) is 2. The maximum absolute atomic E-state index is 11.8. The van der Waals surface area contributed by atoms with Crippen LogP contribution in [0, 0.1) is 5.21 Å². The van der Waals surface area contributed by atoms with Crippen molar-refractivity contribution in [1.82, 2.24) is 5.06 Å². The van der Waals surface area contributed by atoms with E-state index in [1.54, 1.807) is 0 Å². The first-order valence-corrected chi connectivity index (χ1v) is 6.60. The van der Waals surface area contributed by atoms with Gasteiger partial charge in [-0.25, -0.2) is 0 Å². The fourth-order valence-electron chi connectivity index (χ4n) is 2.36. The summed E-state index contributed by atoms with van der Waals surface area (Å²) in [5.74, 6) is 4.80. The molecule has 2 atom stereocenters. The van der Waals surface area contributed by atoms with Gasteiger partial charge < -0.3 is 21.0 Å². The van der Waals surface area contributed by atoms with E-state index in [1.165, 1.54) is 23.3 Å². The second-order valence-electron chi connectivity index (χ2n) is 4.90. The average Bonchev–Trinajstić information content (AvgIpc) is 3.26. The summed E-state index contributed by atoms with van der Waals surface area (Å²) in [7, 11) is 0. The number of carbonyl (C=O) groups excluding carboxylic acids is 1. The molecule has 0 aromatic heterocycles. The molecule has 1 amide bonds. The van der Waals surface area contributed by atoms with Gasteiger partial charge in [-0.15, -0.1) is 5.11 Å². The van der Waals surface area contributed by atoms with Crippen LogP contribution in [0.25, 0.3) is 0 Å². The molecule has 2 unspecified atom stereocenters. The standard InChI is InChI=1S/C12H14N5O5/c13-15-14-8-1-2-9(17(19)20)7(5-8)6-21-16-11(18)4-3-10-12(16)22-10/h1-2,5,10,12,19H,3-4,6H2,(H2,13,14)/q-1. The lowest BCUT2D eigenvalue weighted by Gasteiger charge is -2.27. The Bertz CT molecular complexity index is 608. The van der Waals surface area contributed by atoms with Crippen molar-refractivity contribution in [2.45, 2.75) is 31.8 Å². The Labute approximate surface area is 125 Å². The van der Waals surface area contributed by atoms with Crippen LogP contribution in [-0.2, 0) is 21.0 Å². The van der Waals surface area contributed by atoms with Gasteiger partial charge in [-0.05, 0) is 24.6 Å². The Kier molecular flexibility index (Phi) is 3.90. The van der Waals surface area contributed by atoms with Crippen LogP contribution >= 0.6 is 0 Å². The topological polar surface area (TPSA) is 139 Å². The van der Waals surface area contributed by atoms with E-state index in [4.69, 9.17) is 20.6 Å². The number of ether oxygens (including phenoxy) is 1. The lowest BCUT2D eigenvalue weighted by Crippen LogP contribution is -2.38. The van der Waals surface area contributed by atoms with Crippen LogP contribution in [-0.4, -0.2) is 28.5 Å². The van der Waals surface area contributed by atoms with Crippen molar-refractivity contribution in [1.29, 1.82) is 0 Å². The Balaban J connectivity index is 1.75. The van der Waals surface area contributed by atoms with Gasteiger partial charge in [-0.2, -0.15) is 5.06 Å². The first kappa shape index (κ1) is 14.7. The number of hydroxylamine groups is 2. The predicted molar refractivity (Wildman–Crippen MR) is 72.3 cm³/mol. The molecule has 1 aromatic carbocycles. The second kappa shape index (κ2) is 5.85. The van der Waals surface area contributed by atoms with E-state index in [0.29, 0.717) is 24.1 Å². The summed E-state index contributed by atoms with van der Waals surface area (Å²) in [4.78, 5) is 17.2. The third-order valence-electron chi connectivity index (χ3n) is 3.48. The van der Waals surface area contributed by atoms with E-state index in [-0.39, 0.29) is 35.8 Å². The van der Waals surface area contributed by atoms with E-state index >= 15 is 0 Å². The summed E-state index contributed by atoms with van der Waals surface area (Å²) >= 11 is 0. The highest BCUT2D eigenvalue weighted by Crippen LogP contribution is 2.36. The molecule has 2 fully saturated rings. The number of epoxide rings is 1. The minimum Gasteiger partial charge on any atom is -0.733 e. The molecule has 0 aliphatic carbocycles. The van der Waals surface area contributed by atoms with Crippen molar-refractivity contribution < 1.29 is 19.6 Å². The highest BCUT2D eigenvalue weighted by molar-refractivity contribution is 5.76. The van der Waals surface area contributed by atoms with Crippen LogP contribution < -0.4 is 11.1 Å². The average molecular weight is 308 g/mol. The van der Waals surface area contributed by atoms with E-state index in [0.717, 1.165) is 0 Å². The summed E-state index contributed by atoms with van der Waals surface area (Å²) in [6.45, 7) is -0.110. The monoisotopic (exact) mass is 308 g/mol. The van der Waals surface area contributed by atoms with Crippen LogP contribution in [0.15, 0.2) is 28.5 Å². The van der Waals surface area contributed by atoms with Crippen LogP contribution in [0.5, 0.6) is 0 Å². The van der Waals surface area contributed by atoms with Gasteiger partial charge in [0.05, 0.1) is 11.4 Å². The summed E-state index contributed by atoms with van der Waals surface area (Å²) in [5, 5.41) is 27.9. The number of rotatable bonds is 5. The third-order valence-corrected chi connectivity index (χ3v) is 3.48. The van der Waals surface area contributed by atoms with Crippen LogP contribution in [0.3, 0.4) is 0 Å². The number of piperidine rings is 1. The SMILES string of the molecule is NN=Nc1ccc(N([O-])O)c(CON2C(=O)CCC3OC32)c1. The molecule has 0 radical (unpaired) electrons. The molecule has 10 heteroatoms. The number of fused-ring (bicyclic) bond motifs is 1. The molecule has 0 saturated carbocycles. The van der Waals surface area contributed by atoms with Crippen molar-refractivity contribution in [3.05, 3.63) is 29.0 Å². The van der Waals surface area contributed by atoms with Gasteiger partial charge in [0.1, 0.15) is 12.7 Å². The normalized spacial score (nSPS) is 23.7. The molecule has 3 N–H and O–H groups in total. The van der Waals surface area contributed by atoms with Crippen LogP contribution in [0.4, 0.5) is 11.4 Å². The number of nitrogens with zero attached hydrogens (tertiary/aromatic N) is 4. The lowest BCUT2D eigenvalue weighted by atomic mass is 10.1. The molecule has 2 heterocycles. The molecule has 0 spiro atoms. The molecule has 2 saturated heterocycles. The van der Waals surface area contributed by atoms with Crippen molar-refractivity contribution in [3.8, 4) is 0 Å². The van der Waals surface area contributed by atoms with Gasteiger partial charge in [-0.3, -0.25) is 14.8 Å². The van der Waals surface area contributed by atoms with Crippen molar-refractivity contribution in [2.24, 2.45) is 16.2 Å². The van der Waals surface area contributed by atoms with Crippen molar-refractivity contribution in [3.63, 3.8) is 0 Å².